The minimum Gasteiger partial charge on any atom is -0.481 e. The van der Waals surface area contributed by atoms with E-state index in [9.17, 15) is 14.4 Å². The number of thiophene rings is 1. The highest BCUT2D eigenvalue weighted by molar-refractivity contribution is 7.12. The molecule has 7 heteroatoms. The molecule has 0 aliphatic carbocycles. The maximum atomic E-state index is 11.9. The van der Waals surface area contributed by atoms with Crippen molar-refractivity contribution < 1.29 is 19.5 Å². The fourth-order valence-electron chi connectivity index (χ4n) is 1.74. The van der Waals surface area contributed by atoms with Gasteiger partial charge < -0.3 is 15.7 Å². The van der Waals surface area contributed by atoms with Gasteiger partial charge in [-0.25, -0.2) is 0 Å². The minimum atomic E-state index is -0.842. The highest BCUT2D eigenvalue weighted by Gasteiger charge is 2.18. The summed E-state index contributed by atoms with van der Waals surface area (Å²) in [5.41, 5.74) is 0. The third kappa shape index (κ3) is 6.40. The van der Waals surface area contributed by atoms with Gasteiger partial charge in [0.25, 0.3) is 5.91 Å². The molecular weight excluding hydrogens is 292 g/mol. The summed E-state index contributed by atoms with van der Waals surface area (Å²) in [6, 6.07) is 2.70. The Labute approximate surface area is 127 Å². The molecule has 0 radical (unpaired) electrons. The highest BCUT2D eigenvalue weighted by atomic mass is 32.1. The molecule has 0 spiro atoms. The van der Waals surface area contributed by atoms with Gasteiger partial charge in [-0.1, -0.05) is 6.07 Å². The zero-order chi connectivity index (χ0) is 15.8. The molecule has 116 valence electrons. The molecule has 0 fully saturated rings. The molecule has 0 aliphatic rings. The lowest BCUT2D eigenvalue weighted by molar-refractivity contribution is -0.137. The zero-order valence-electron chi connectivity index (χ0n) is 12.1. The molecule has 1 aromatic heterocycles. The first kappa shape index (κ1) is 17.2. The minimum absolute atomic E-state index is 0.0882. The number of amides is 2. The molecule has 0 aromatic carbocycles. The van der Waals surface area contributed by atoms with Crippen molar-refractivity contribution in [2.45, 2.75) is 45.2 Å². The van der Waals surface area contributed by atoms with Crippen LogP contribution in [-0.2, 0) is 9.59 Å². The summed E-state index contributed by atoms with van der Waals surface area (Å²) in [5, 5.41) is 15.7. The molecule has 0 saturated carbocycles. The summed E-state index contributed by atoms with van der Waals surface area (Å²) in [6.45, 7) is 3.43. The third-order valence-electron chi connectivity index (χ3n) is 2.90. The van der Waals surface area contributed by atoms with Gasteiger partial charge >= 0.3 is 5.97 Å². The maximum Gasteiger partial charge on any atom is 0.303 e. The number of hydrogen-bond donors (Lipinski definition) is 3. The number of rotatable bonds is 8. The van der Waals surface area contributed by atoms with Crippen LogP contribution in [0.1, 0.15) is 42.8 Å². The van der Waals surface area contributed by atoms with E-state index in [1.807, 2.05) is 6.92 Å². The van der Waals surface area contributed by atoms with Crippen LogP contribution in [0, 0.1) is 0 Å². The molecule has 21 heavy (non-hydrogen) atoms. The average Bonchev–Trinajstić information content (AvgIpc) is 2.91. The van der Waals surface area contributed by atoms with Crippen LogP contribution in [-0.4, -0.2) is 35.0 Å². The number of aliphatic carboxylic acids is 1. The molecule has 2 atom stereocenters. The van der Waals surface area contributed by atoms with E-state index in [0.717, 1.165) is 0 Å². The average molecular weight is 312 g/mol. The lowest BCUT2D eigenvalue weighted by Gasteiger charge is -2.18. The van der Waals surface area contributed by atoms with Gasteiger partial charge in [-0.05, 0) is 38.1 Å². The normalized spacial score (nSPS) is 13.2. The first-order chi connectivity index (χ1) is 9.90. The molecule has 0 aliphatic heterocycles. The second-order valence-corrected chi connectivity index (χ2v) is 5.82. The molecule has 6 nitrogen and oxygen atoms in total. The van der Waals surface area contributed by atoms with E-state index in [1.165, 1.54) is 11.3 Å². The standard InChI is InChI=1S/C14H20N2O4S/c1-9(5-3-7-12(17)18)15-13(19)10(2)16-14(20)11-6-4-8-21-11/h4,6,8-10H,3,5,7H2,1-2H3,(H,15,19)(H,16,20)(H,17,18). The van der Waals surface area contributed by atoms with Gasteiger partial charge in [0.05, 0.1) is 4.88 Å². The second kappa shape index (κ2) is 8.41. The van der Waals surface area contributed by atoms with Crippen LogP contribution >= 0.6 is 11.3 Å². The Kier molecular flexibility index (Phi) is 6.87. The topological polar surface area (TPSA) is 95.5 Å². The van der Waals surface area contributed by atoms with Gasteiger partial charge in [-0.2, -0.15) is 0 Å². The third-order valence-corrected chi connectivity index (χ3v) is 3.77. The number of carbonyl (C=O) groups is 3. The van der Waals surface area contributed by atoms with Gasteiger partial charge in [0.1, 0.15) is 6.04 Å². The van der Waals surface area contributed by atoms with Crippen LogP contribution in [0.3, 0.4) is 0 Å². The van der Waals surface area contributed by atoms with Gasteiger partial charge in [0, 0.05) is 12.5 Å². The number of carboxylic acids is 1. The summed E-state index contributed by atoms with van der Waals surface area (Å²) in [4.78, 5) is 34.7. The Bertz CT molecular complexity index is 487. The van der Waals surface area contributed by atoms with Crippen molar-refractivity contribution in [2.75, 3.05) is 0 Å². The van der Waals surface area contributed by atoms with Gasteiger partial charge in [-0.3, -0.25) is 14.4 Å². The summed E-state index contributed by atoms with van der Waals surface area (Å²) in [7, 11) is 0. The predicted molar refractivity (Wildman–Crippen MR) is 80.3 cm³/mol. The molecule has 0 bridgehead atoms. The molecular formula is C14H20N2O4S. The Balaban J connectivity index is 2.33. The van der Waals surface area contributed by atoms with Crippen LogP contribution in [0.15, 0.2) is 17.5 Å². The Hall–Kier alpha value is -1.89. The van der Waals surface area contributed by atoms with Crippen molar-refractivity contribution in [2.24, 2.45) is 0 Å². The van der Waals surface area contributed by atoms with Crippen LogP contribution in [0.2, 0.25) is 0 Å². The maximum absolute atomic E-state index is 11.9. The molecule has 1 aromatic rings. The fraction of sp³-hybridized carbons (Fsp3) is 0.500. The van der Waals surface area contributed by atoms with E-state index < -0.39 is 12.0 Å². The zero-order valence-corrected chi connectivity index (χ0v) is 12.9. The van der Waals surface area contributed by atoms with Gasteiger partial charge in [-0.15, -0.1) is 11.3 Å². The van der Waals surface area contributed by atoms with Gasteiger partial charge in [0.15, 0.2) is 0 Å². The van der Waals surface area contributed by atoms with Crippen molar-refractivity contribution in [1.29, 1.82) is 0 Å². The molecule has 0 saturated heterocycles. The first-order valence-electron chi connectivity index (χ1n) is 6.76. The van der Waals surface area contributed by atoms with Crippen LogP contribution in [0.5, 0.6) is 0 Å². The van der Waals surface area contributed by atoms with E-state index in [-0.39, 0.29) is 24.3 Å². The lowest BCUT2D eigenvalue weighted by atomic mass is 10.1. The second-order valence-electron chi connectivity index (χ2n) is 4.87. The number of hydrogen-bond acceptors (Lipinski definition) is 4. The monoisotopic (exact) mass is 312 g/mol. The van der Waals surface area contributed by atoms with Crippen molar-refractivity contribution in [3.63, 3.8) is 0 Å². The van der Waals surface area contributed by atoms with E-state index in [1.54, 1.807) is 24.4 Å². The number of nitrogens with one attached hydrogen (secondary N) is 2. The van der Waals surface area contributed by atoms with Crippen molar-refractivity contribution in [3.8, 4) is 0 Å². The van der Waals surface area contributed by atoms with E-state index in [0.29, 0.717) is 17.7 Å². The summed E-state index contributed by atoms with van der Waals surface area (Å²) in [5.74, 6) is -1.39. The highest BCUT2D eigenvalue weighted by Crippen LogP contribution is 2.08. The summed E-state index contributed by atoms with van der Waals surface area (Å²) >= 11 is 1.31. The smallest absolute Gasteiger partial charge is 0.303 e. The molecule has 3 N–H and O–H groups in total. The molecule has 1 rings (SSSR count). The van der Waals surface area contributed by atoms with Crippen LogP contribution in [0.25, 0.3) is 0 Å². The fourth-order valence-corrected chi connectivity index (χ4v) is 2.37. The largest absolute Gasteiger partial charge is 0.481 e. The number of carbonyl (C=O) groups excluding carboxylic acids is 2. The van der Waals surface area contributed by atoms with E-state index in [2.05, 4.69) is 10.6 Å². The number of carboxylic acid groups (broad SMARTS) is 1. The van der Waals surface area contributed by atoms with Crippen molar-refractivity contribution >= 4 is 29.1 Å². The van der Waals surface area contributed by atoms with Crippen LogP contribution < -0.4 is 10.6 Å². The van der Waals surface area contributed by atoms with E-state index >= 15 is 0 Å². The SMILES string of the molecule is CC(CCCC(=O)O)NC(=O)C(C)NC(=O)c1cccs1. The quantitative estimate of drug-likeness (QED) is 0.680. The van der Waals surface area contributed by atoms with Crippen molar-refractivity contribution in [1.82, 2.24) is 10.6 Å². The molecule has 1 heterocycles. The van der Waals surface area contributed by atoms with Crippen LogP contribution in [0.4, 0.5) is 0 Å². The predicted octanol–water partition coefficient (Wildman–Crippen LogP) is 1.63. The Morgan fingerprint density at radius 1 is 1.29 bits per heavy atom. The first-order valence-corrected chi connectivity index (χ1v) is 7.64. The van der Waals surface area contributed by atoms with Crippen molar-refractivity contribution in [3.05, 3.63) is 22.4 Å². The molecule has 2 unspecified atom stereocenters. The Morgan fingerprint density at radius 3 is 2.57 bits per heavy atom. The summed E-state index contributed by atoms with van der Waals surface area (Å²) in [6.07, 6.45) is 1.18. The molecule has 2 amide bonds. The van der Waals surface area contributed by atoms with Gasteiger partial charge in [0.2, 0.25) is 5.91 Å². The lowest BCUT2D eigenvalue weighted by Crippen LogP contribution is -2.47. The summed E-state index contributed by atoms with van der Waals surface area (Å²) < 4.78 is 0. The van der Waals surface area contributed by atoms with E-state index in [4.69, 9.17) is 5.11 Å². The Morgan fingerprint density at radius 2 is 2.00 bits per heavy atom.